The molecule has 0 spiro atoms. The van der Waals surface area contributed by atoms with Crippen molar-refractivity contribution in [2.24, 2.45) is 94.7 Å². The van der Waals surface area contributed by atoms with E-state index in [4.69, 9.17) is 46.4 Å². The van der Waals surface area contributed by atoms with Crippen LogP contribution in [0.15, 0.2) is 0 Å². The molecule has 10 aliphatic heterocycles. The van der Waals surface area contributed by atoms with Crippen LogP contribution in [0.25, 0.3) is 0 Å². The van der Waals surface area contributed by atoms with Crippen LogP contribution >= 0.6 is 46.4 Å². The lowest BCUT2D eigenvalue weighted by atomic mass is 9.74. The molecule has 18 nitrogen and oxygen atoms in total. The van der Waals surface area contributed by atoms with Crippen molar-refractivity contribution in [1.29, 1.82) is 0 Å². The predicted octanol–water partition coefficient (Wildman–Crippen LogP) is 4.02. The maximum Gasteiger partial charge on any atom is 0.0788 e. The highest BCUT2D eigenvalue weighted by molar-refractivity contribution is 6.31. The van der Waals surface area contributed by atoms with Crippen LogP contribution in [-0.2, 0) is 0 Å². The van der Waals surface area contributed by atoms with Gasteiger partial charge in [-0.25, -0.2) is 0 Å². The Morgan fingerprint density at radius 1 is 0.198 bits per heavy atom. The SMILES string of the molecule is ClC1CC2C3NC4NC(NC5NC(NC6NC(NC(N3)C2CC1Cl)C1CCCCC61)C1CCCCC51)C1CCCCC41.OC1C(Cl)C(Cl)C(O)C2C3NC4NC(NC5NC(NC6NC(NC(N3)C12)C1CCCCC61)C1CCCCC51)C1CCCCC41. The van der Waals surface area contributed by atoms with E-state index in [2.05, 4.69) is 85.1 Å². The minimum atomic E-state index is -0.819. The highest BCUT2D eigenvalue weighted by atomic mass is 35.5. The van der Waals surface area contributed by atoms with Gasteiger partial charge in [0.05, 0.1) is 132 Å². The van der Waals surface area contributed by atoms with Crippen LogP contribution in [0.5, 0.6) is 0 Å². The maximum absolute atomic E-state index is 11.6. The fraction of sp³-hybridized carbons (Fsp3) is 1.00. The van der Waals surface area contributed by atoms with Gasteiger partial charge in [-0.2, -0.15) is 0 Å². The van der Waals surface area contributed by atoms with E-state index in [1.165, 1.54) is 154 Å². The van der Waals surface area contributed by atoms with E-state index in [0.29, 0.717) is 132 Å². The summed E-state index contributed by atoms with van der Waals surface area (Å²) >= 11 is 27.2. The highest BCUT2D eigenvalue weighted by Crippen LogP contribution is 2.50. The zero-order valence-corrected chi connectivity index (χ0v) is 53.8. The molecular formula is C64H108Cl4N16O2. The molecule has 16 bridgehead atoms. The molecular weight excluding hydrogens is 1170 g/mol. The van der Waals surface area contributed by atoms with E-state index in [9.17, 15) is 10.2 Å². The fourth-order valence-electron chi connectivity index (χ4n) is 23.9. The molecule has 18 fully saturated rings. The number of rotatable bonds is 0. The Balaban J connectivity index is 0.000000135. The number of fused-ring (bicyclic) bond motifs is 40. The molecule has 0 amide bonds. The van der Waals surface area contributed by atoms with Crippen LogP contribution in [0.4, 0.5) is 0 Å². The minimum absolute atomic E-state index is 0.0474. The van der Waals surface area contributed by atoms with Crippen molar-refractivity contribution in [3.8, 4) is 0 Å². The standard InChI is InChI=1S/C32H54Cl2N8O2.C32H54Cl2N8/c33-21-22(34)24(44)20-19(23(21)43)31-40-29-17-11-5-3-9-15(17)27(38-29)36-25-13-7-1-2-8-14(13)26(35-25)37-28-16-10-4-6-12-18(16)30(39-28)41-32(20)42-31;33-23-13-21-22(14-24(23)34)32-41-30-20-12-6-4-10-18(20)28(39-30)37-26-16-8-2-1-7-15(16)25(35-26)36-27-17-9-3-5-11-19(17)29(38-27)40-31(21)42-32/h13-32,35-44H,1-12H2;15-32,35-42H,1-14H2. The second-order valence-electron chi connectivity index (χ2n) is 31.8. The van der Waals surface area contributed by atoms with Gasteiger partial charge in [0.1, 0.15) is 0 Å². The molecule has 22 heteroatoms. The van der Waals surface area contributed by atoms with Gasteiger partial charge in [0.15, 0.2) is 0 Å². The topological polar surface area (TPSA) is 233 Å². The first-order valence-corrected chi connectivity index (χ1v) is 37.9. The number of alkyl halides is 4. The third-order valence-corrected chi connectivity index (χ3v) is 30.2. The van der Waals surface area contributed by atoms with E-state index in [-0.39, 0.29) is 71.9 Å². The molecule has 10 heterocycles. The van der Waals surface area contributed by atoms with Crippen LogP contribution < -0.4 is 85.1 Å². The van der Waals surface area contributed by atoms with Crippen molar-refractivity contribution in [3.63, 3.8) is 0 Å². The Labute approximate surface area is 532 Å². The number of hydrogen-bond acceptors (Lipinski definition) is 18. The molecule has 86 heavy (non-hydrogen) atoms. The molecule has 0 aromatic carbocycles. The van der Waals surface area contributed by atoms with Gasteiger partial charge < -0.3 is 10.2 Å². The van der Waals surface area contributed by atoms with Crippen LogP contribution in [0.1, 0.15) is 167 Å². The maximum atomic E-state index is 11.6. The first-order chi connectivity index (χ1) is 42.1. The third kappa shape index (κ3) is 10.7. The summed E-state index contributed by atoms with van der Waals surface area (Å²) in [6, 6.07) is 0. The Kier molecular flexibility index (Phi) is 17.4. The van der Waals surface area contributed by atoms with Crippen molar-refractivity contribution < 1.29 is 10.2 Å². The summed E-state index contributed by atoms with van der Waals surface area (Å²) in [6.45, 7) is 0. The summed E-state index contributed by atoms with van der Waals surface area (Å²) < 4.78 is 0. The molecule has 38 atom stereocenters. The fourth-order valence-corrected chi connectivity index (χ4v) is 25.1. The lowest BCUT2D eigenvalue weighted by molar-refractivity contribution is -0.0401. The number of aliphatic hydroxyl groups is 2. The molecule has 0 radical (unpaired) electrons. The number of hydrogen-bond donors (Lipinski definition) is 18. The van der Waals surface area contributed by atoms with Crippen molar-refractivity contribution in [3.05, 3.63) is 0 Å². The summed E-state index contributed by atoms with van der Waals surface area (Å²) in [5.41, 5.74) is 0. The summed E-state index contributed by atoms with van der Waals surface area (Å²) in [7, 11) is 0. The van der Waals surface area contributed by atoms with Gasteiger partial charge in [-0.3, -0.25) is 85.1 Å². The average Bonchev–Trinajstić information content (AvgIpc) is 1.91. The average molecular weight is 1280 g/mol. The van der Waals surface area contributed by atoms with Crippen LogP contribution in [-0.4, -0.2) is 143 Å². The van der Waals surface area contributed by atoms with Gasteiger partial charge in [-0.15, -0.1) is 46.4 Å². The van der Waals surface area contributed by atoms with E-state index in [1.54, 1.807) is 0 Å². The van der Waals surface area contributed by atoms with Crippen LogP contribution in [0, 0.1) is 94.7 Å². The Hall–Kier alpha value is 0.440. The smallest absolute Gasteiger partial charge is 0.0788 e. The van der Waals surface area contributed by atoms with Crippen molar-refractivity contribution in [2.45, 2.75) is 299 Å². The van der Waals surface area contributed by atoms with E-state index < -0.39 is 23.0 Å². The van der Waals surface area contributed by atoms with Crippen molar-refractivity contribution in [1.82, 2.24) is 85.1 Å². The quantitative estimate of drug-likeness (QED) is 0.154. The second-order valence-corrected chi connectivity index (χ2v) is 34.0. The summed E-state index contributed by atoms with van der Waals surface area (Å²) in [5.74, 6) is 8.06. The van der Waals surface area contributed by atoms with Gasteiger partial charge in [-0.05, 0) is 173 Å². The van der Waals surface area contributed by atoms with Gasteiger partial charge in [0.2, 0.25) is 0 Å². The summed E-state index contributed by atoms with van der Waals surface area (Å²) in [4.78, 5) is 0. The van der Waals surface area contributed by atoms with E-state index in [0.717, 1.165) is 12.8 Å². The molecule has 0 aromatic rings. The lowest BCUT2D eigenvalue weighted by Crippen LogP contribution is -2.62. The molecule has 18 rings (SSSR count). The van der Waals surface area contributed by atoms with Gasteiger partial charge >= 0.3 is 0 Å². The molecule has 10 saturated heterocycles. The minimum Gasteiger partial charge on any atom is -0.391 e. The summed E-state index contributed by atoms with van der Waals surface area (Å²) in [5, 5.41) is 87.6. The number of nitrogens with one attached hydrogen (secondary N) is 16. The molecule has 484 valence electrons. The Bertz CT molecular complexity index is 2220. The first kappa shape index (κ1) is 60.1. The molecule has 8 aliphatic carbocycles. The summed E-state index contributed by atoms with van der Waals surface area (Å²) in [6.07, 6.45) is 35.3. The van der Waals surface area contributed by atoms with Gasteiger partial charge in [-0.1, -0.05) is 77.0 Å². The zero-order chi connectivity index (χ0) is 57.6. The largest absolute Gasteiger partial charge is 0.391 e. The normalized spacial score (nSPS) is 59.7. The second kappa shape index (κ2) is 24.9. The molecule has 18 N–H and O–H groups in total. The van der Waals surface area contributed by atoms with Crippen LogP contribution in [0.3, 0.4) is 0 Å². The van der Waals surface area contributed by atoms with Crippen molar-refractivity contribution in [2.75, 3.05) is 0 Å². The third-order valence-electron chi connectivity index (χ3n) is 27.9. The molecule has 0 aromatic heterocycles. The first-order valence-electron chi connectivity index (χ1n) is 36.2. The molecule has 38 unspecified atom stereocenters. The highest BCUT2D eigenvalue weighted by Gasteiger charge is 2.62. The predicted molar refractivity (Wildman–Crippen MR) is 337 cm³/mol. The number of aliphatic hydroxyl groups excluding tert-OH is 2. The van der Waals surface area contributed by atoms with Crippen LogP contribution in [0.2, 0.25) is 0 Å². The Morgan fingerprint density at radius 3 is 0.512 bits per heavy atom. The zero-order valence-electron chi connectivity index (χ0n) is 50.7. The lowest BCUT2D eigenvalue weighted by Gasteiger charge is -2.44. The monoisotopic (exact) mass is 1270 g/mol. The number of halogens is 4. The Morgan fingerprint density at radius 2 is 0.337 bits per heavy atom. The van der Waals surface area contributed by atoms with E-state index in [1.807, 2.05) is 0 Å². The van der Waals surface area contributed by atoms with Crippen molar-refractivity contribution >= 4 is 46.4 Å². The van der Waals surface area contributed by atoms with Gasteiger partial charge in [0, 0.05) is 11.8 Å². The molecule has 8 saturated carbocycles. The van der Waals surface area contributed by atoms with E-state index >= 15 is 0 Å². The molecule has 18 aliphatic rings. The van der Waals surface area contributed by atoms with Gasteiger partial charge in [0.25, 0.3) is 0 Å².